The van der Waals surface area contributed by atoms with Crippen molar-refractivity contribution in [2.45, 2.75) is 19.9 Å². The molecule has 2 aromatic rings. The lowest BCUT2D eigenvalue weighted by atomic mass is 10.2. The summed E-state index contributed by atoms with van der Waals surface area (Å²) in [6.45, 7) is 4.83. The van der Waals surface area contributed by atoms with E-state index in [0.717, 1.165) is 23.9 Å². The molecule has 1 atom stereocenters. The van der Waals surface area contributed by atoms with E-state index in [0.29, 0.717) is 0 Å². The molecular weight excluding hydrogens is 214 g/mol. The lowest BCUT2D eigenvalue weighted by Gasteiger charge is -2.17. The zero-order chi connectivity index (χ0) is 12.3. The summed E-state index contributed by atoms with van der Waals surface area (Å²) in [5, 5.41) is 3.40. The Morgan fingerprint density at radius 3 is 2.76 bits per heavy atom. The molecule has 0 aromatic carbocycles. The van der Waals surface area contributed by atoms with Crippen LogP contribution in [0.4, 0.5) is 0 Å². The van der Waals surface area contributed by atoms with E-state index in [1.165, 1.54) is 0 Å². The van der Waals surface area contributed by atoms with Crippen LogP contribution in [0.25, 0.3) is 0 Å². The highest BCUT2D eigenvalue weighted by atomic mass is 15.1. The fourth-order valence-corrected chi connectivity index (χ4v) is 1.82. The Bertz CT molecular complexity index is 491. The number of hydrogen-bond donors (Lipinski definition) is 1. The molecule has 5 nitrogen and oxygen atoms in total. The zero-order valence-electron chi connectivity index (χ0n) is 10.4. The molecule has 17 heavy (non-hydrogen) atoms. The van der Waals surface area contributed by atoms with Crippen LogP contribution < -0.4 is 5.32 Å². The molecule has 1 N–H and O–H groups in total. The molecule has 1 unspecified atom stereocenters. The van der Waals surface area contributed by atoms with E-state index in [2.05, 4.69) is 27.2 Å². The summed E-state index contributed by atoms with van der Waals surface area (Å²) in [4.78, 5) is 13.0. The monoisotopic (exact) mass is 231 g/mol. The summed E-state index contributed by atoms with van der Waals surface area (Å²) in [7, 11) is 1.99. The van der Waals surface area contributed by atoms with E-state index < -0.39 is 0 Å². The number of aromatic nitrogens is 4. The summed E-state index contributed by atoms with van der Waals surface area (Å²) in [6, 6.07) is 1.94. The van der Waals surface area contributed by atoms with Crippen LogP contribution in [-0.2, 0) is 7.05 Å². The molecule has 0 spiro atoms. The maximum atomic E-state index is 4.46. The minimum absolute atomic E-state index is 0.0155. The molecule has 0 radical (unpaired) electrons. The van der Waals surface area contributed by atoms with Crippen LogP contribution in [0.2, 0.25) is 0 Å². The Hall–Kier alpha value is -1.75. The largest absolute Gasteiger partial charge is 0.336 e. The molecule has 0 saturated heterocycles. The quantitative estimate of drug-likeness (QED) is 0.859. The molecule has 0 saturated carbocycles. The summed E-state index contributed by atoms with van der Waals surface area (Å²) < 4.78 is 2.00. The first-order valence-electron chi connectivity index (χ1n) is 5.72. The summed E-state index contributed by atoms with van der Waals surface area (Å²) in [6.07, 6.45) is 5.52. The van der Waals surface area contributed by atoms with Crippen molar-refractivity contribution in [3.05, 3.63) is 42.0 Å². The molecular formula is C12H17N5. The number of aryl methyl sites for hydroxylation is 2. The summed E-state index contributed by atoms with van der Waals surface area (Å²) in [5.41, 5.74) is 0.952. The van der Waals surface area contributed by atoms with Crippen LogP contribution in [0.3, 0.4) is 0 Å². The van der Waals surface area contributed by atoms with Crippen LogP contribution in [0.5, 0.6) is 0 Å². The maximum absolute atomic E-state index is 4.46. The maximum Gasteiger partial charge on any atom is 0.131 e. The van der Waals surface area contributed by atoms with E-state index in [-0.39, 0.29) is 6.04 Å². The number of rotatable bonds is 4. The highest BCUT2D eigenvalue weighted by Crippen LogP contribution is 2.17. The van der Waals surface area contributed by atoms with Crippen molar-refractivity contribution in [3.8, 4) is 0 Å². The van der Waals surface area contributed by atoms with E-state index in [1.807, 2.05) is 30.8 Å². The van der Waals surface area contributed by atoms with Gasteiger partial charge in [-0.25, -0.2) is 15.0 Å². The Kier molecular flexibility index (Phi) is 3.49. The zero-order valence-corrected chi connectivity index (χ0v) is 10.4. The number of nitrogens with one attached hydrogen (secondary N) is 1. The molecule has 0 aliphatic heterocycles. The Labute approximate surface area is 101 Å². The van der Waals surface area contributed by atoms with E-state index >= 15 is 0 Å². The molecule has 2 aromatic heterocycles. The predicted molar refractivity (Wildman–Crippen MR) is 65.5 cm³/mol. The Morgan fingerprint density at radius 2 is 2.18 bits per heavy atom. The topological polar surface area (TPSA) is 55.6 Å². The van der Waals surface area contributed by atoms with Crippen molar-refractivity contribution < 1.29 is 0 Å². The first-order valence-corrected chi connectivity index (χ1v) is 5.72. The van der Waals surface area contributed by atoms with Gasteiger partial charge < -0.3 is 9.88 Å². The second-order valence-electron chi connectivity index (χ2n) is 3.92. The van der Waals surface area contributed by atoms with Crippen molar-refractivity contribution >= 4 is 0 Å². The number of imidazole rings is 1. The van der Waals surface area contributed by atoms with Gasteiger partial charge in [0.2, 0.25) is 0 Å². The number of hydrogen-bond acceptors (Lipinski definition) is 4. The van der Waals surface area contributed by atoms with E-state index in [1.54, 1.807) is 12.4 Å². The minimum Gasteiger partial charge on any atom is -0.336 e. The highest BCUT2D eigenvalue weighted by molar-refractivity contribution is 5.17. The van der Waals surface area contributed by atoms with Crippen molar-refractivity contribution in [1.82, 2.24) is 24.8 Å². The molecule has 0 aliphatic carbocycles. The fourth-order valence-electron chi connectivity index (χ4n) is 1.82. The molecule has 0 bridgehead atoms. The van der Waals surface area contributed by atoms with Crippen LogP contribution in [0, 0.1) is 6.92 Å². The van der Waals surface area contributed by atoms with Gasteiger partial charge in [0.1, 0.15) is 17.7 Å². The summed E-state index contributed by atoms with van der Waals surface area (Å²) >= 11 is 0. The number of nitrogens with zero attached hydrogens (tertiary/aromatic N) is 4. The van der Waals surface area contributed by atoms with E-state index in [9.17, 15) is 0 Å². The predicted octanol–water partition coefficient (Wildman–Crippen LogP) is 1.22. The van der Waals surface area contributed by atoms with Crippen LogP contribution in [0.1, 0.15) is 30.3 Å². The third-order valence-corrected chi connectivity index (χ3v) is 2.62. The average molecular weight is 231 g/mol. The van der Waals surface area contributed by atoms with Crippen LogP contribution in [0.15, 0.2) is 24.7 Å². The van der Waals surface area contributed by atoms with Crippen molar-refractivity contribution in [2.75, 3.05) is 6.54 Å². The summed E-state index contributed by atoms with van der Waals surface area (Å²) in [5.74, 6) is 1.74. The van der Waals surface area contributed by atoms with Gasteiger partial charge >= 0.3 is 0 Å². The lowest BCUT2D eigenvalue weighted by Crippen LogP contribution is -2.26. The minimum atomic E-state index is 0.0155. The smallest absolute Gasteiger partial charge is 0.131 e. The molecule has 0 amide bonds. The molecule has 90 valence electrons. The third kappa shape index (κ3) is 2.50. The van der Waals surface area contributed by atoms with Crippen molar-refractivity contribution in [2.24, 2.45) is 7.05 Å². The van der Waals surface area contributed by atoms with Gasteiger partial charge in [0.05, 0.1) is 5.69 Å². The van der Waals surface area contributed by atoms with Gasteiger partial charge in [-0.05, 0) is 19.5 Å². The normalized spacial score (nSPS) is 12.6. The SMILES string of the molecule is CCNC(c1ccnc(C)n1)c1nccn1C. The van der Waals surface area contributed by atoms with Gasteiger partial charge in [0, 0.05) is 25.6 Å². The van der Waals surface area contributed by atoms with Gasteiger partial charge in [-0.1, -0.05) is 6.92 Å². The van der Waals surface area contributed by atoms with Gasteiger partial charge in [0.25, 0.3) is 0 Å². The standard InChI is InChI=1S/C12H17N5/c1-4-13-11(12-15-7-8-17(12)3)10-5-6-14-9(2)16-10/h5-8,11,13H,4H2,1-3H3. The van der Waals surface area contributed by atoms with Gasteiger partial charge in [-0.2, -0.15) is 0 Å². The Morgan fingerprint density at radius 1 is 1.35 bits per heavy atom. The van der Waals surface area contributed by atoms with Crippen LogP contribution >= 0.6 is 0 Å². The van der Waals surface area contributed by atoms with Gasteiger partial charge in [-0.15, -0.1) is 0 Å². The first-order chi connectivity index (χ1) is 8.22. The molecule has 5 heteroatoms. The van der Waals surface area contributed by atoms with Crippen molar-refractivity contribution in [3.63, 3.8) is 0 Å². The van der Waals surface area contributed by atoms with E-state index in [4.69, 9.17) is 0 Å². The van der Waals surface area contributed by atoms with Crippen LogP contribution in [-0.4, -0.2) is 26.1 Å². The Balaban J connectivity index is 2.39. The third-order valence-electron chi connectivity index (χ3n) is 2.62. The lowest BCUT2D eigenvalue weighted by molar-refractivity contribution is 0.562. The molecule has 2 rings (SSSR count). The molecule has 0 fully saturated rings. The second-order valence-corrected chi connectivity index (χ2v) is 3.92. The second kappa shape index (κ2) is 5.05. The van der Waals surface area contributed by atoms with Crippen molar-refractivity contribution in [1.29, 1.82) is 0 Å². The average Bonchev–Trinajstić information content (AvgIpc) is 2.72. The first kappa shape index (κ1) is 11.7. The molecule has 2 heterocycles. The van der Waals surface area contributed by atoms with Gasteiger partial charge in [-0.3, -0.25) is 0 Å². The van der Waals surface area contributed by atoms with Gasteiger partial charge in [0.15, 0.2) is 0 Å². The fraction of sp³-hybridized carbons (Fsp3) is 0.417. The highest BCUT2D eigenvalue weighted by Gasteiger charge is 2.18. The molecule has 0 aliphatic rings.